The fourth-order valence-electron chi connectivity index (χ4n) is 2.36. The van der Waals surface area contributed by atoms with Crippen molar-refractivity contribution in [3.63, 3.8) is 0 Å². The van der Waals surface area contributed by atoms with Gasteiger partial charge in [-0.2, -0.15) is 0 Å². The van der Waals surface area contributed by atoms with E-state index in [1.54, 1.807) is 0 Å². The molecular formula is C11H20FN2+. The molecule has 0 aliphatic carbocycles. The molecule has 80 valence electrons. The Kier molecular flexibility index (Phi) is 3.38. The monoisotopic (exact) mass is 199 g/mol. The maximum Gasteiger partial charge on any atom is 0.435 e. The molecule has 0 bridgehead atoms. The first-order chi connectivity index (χ1) is 6.88. The highest BCUT2D eigenvalue weighted by Gasteiger charge is 2.25. The summed E-state index contributed by atoms with van der Waals surface area (Å²) in [5.41, 5.74) is 0. The molecule has 2 aliphatic rings. The molecule has 0 aromatic rings. The Bertz CT molecular complexity index is 211. The van der Waals surface area contributed by atoms with Crippen LogP contribution in [0, 0.1) is 0 Å². The van der Waals surface area contributed by atoms with Crippen molar-refractivity contribution in [2.75, 3.05) is 26.2 Å². The number of hydrogen-bond donors (Lipinski definition) is 0. The zero-order valence-electron chi connectivity index (χ0n) is 8.84. The third-order valence-corrected chi connectivity index (χ3v) is 3.23. The Morgan fingerprint density at radius 1 is 0.857 bits per heavy atom. The molecule has 0 spiro atoms. The first kappa shape index (κ1) is 9.94. The quantitative estimate of drug-likeness (QED) is 0.328. The van der Waals surface area contributed by atoms with Gasteiger partial charge in [0.05, 0.1) is 26.2 Å². The second-order valence-corrected chi connectivity index (χ2v) is 4.36. The van der Waals surface area contributed by atoms with Crippen molar-refractivity contribution < 1.29 is 8.97 Å². The maximum atomic E-state index is 13.9. The summed E-state index contributed by atoms with van der Waals surface area (Å²) in [5.74, 6) is 0. The van der Waals surface area contributed by atoms with E-state index in [-0.39, 0.29) is 6.09 Å². The summed E-state index contributed by atoms with van der Waals surface area (Å²) < 4.78 is 15.9. The van der Waals surface area contributed by atoms with Gasteiger partial charge >= 0.3 is 6.09 Å². The van der Waals surface area contributed by atoms with Crippen LogP contribution in [-0.4, -0.2) is 41.7 Å². The average molecular weight is 199 g/mol. The van der Waals surface area contributed by atoms with Crippen LogP contribution in [0.25, 0.3) is 0 Å². The zero-order chi connectivity index (χ0) is 9.80. The fourth-order valence-corrected chi connectivity index (χ4v) is 2.36. The Hall–Kier alpha value is -0.600. The standard InChI is InChI=1S/C11H20FN2/c12-11(13-7-3-1-4-8-13)14-9-5-2-6-10-14/h1-10H2/q+1. The van der Waals surface area contributed by atoms with Gasteiger partial charge in [-0.3, -0.25) is 0 Å². The highest BCUT2D eigenvalue weighted by atomic mass is 19.1. The summed E-state index contributed by atoms with van der Waals surface area (Å²) in [4.78, 5) is 1.93. The van der Waals surface area contributed by atoms with Crippen molar-refractivity contribution in [1.29, 1.82) is 0 Å². The van der Waals surface area contributed by atoms with Gasteiger partial charge in [-0.05, 0) is 38.5 Å². The minimum absolute atomic E-state index is 0.0457. The van der Waals surface area contributed by atoms with Crippen LogP contribution in [0.2, 0.25) is 0 Å². The first-order valence-corrected chi connectivity index (χ1v) is 5.90. The Labute approximate surface area is 85.4 Å². The van der Waals surface area contributed by atoms with E-state index in [0.29, 0.717) is 0 Å². The van der Waals surface area contributed by atoms with Gasteiger partial charge in [0.15, 0.2) is 0 Å². The second kappa shape index (κ2) is 4.76. The molecule has 0 unspecified atom stereocenters. The molecule has 2 saturated heterocycles. The van der Waals surface area contributed by atoms with Crippen LogP contribution in [0.3, 0.4) is 0 Å². The minimum Gasteiger partial charge on any atom is -0.236 e. The highest BCUT2D eigenvalue weighted by molar-refractivity contribution is 5.67. The van der Waals surface area contributed by atoms with E-state index in [1.807, 2.05) is 9.48 Å². The van der Waals surface area contributed by atoms with Crippen LogP contribution >= 0.6 is 0 Å². The number of nitrogens with zero attached hydrogens (tertiary/aromatic N) is 2. The summed E-state index contributed by atoms with van der Waals surface area (Å²) >= 11 is 0. The zero-order valence-corrected chi connectivity index (χ0v) is 8.84. The SMILES string of the molecule is FC(N1CCCCC1)=[N+]1CCCCC1. The molecular weight excluding hydrogens is 179 g/mol. The fraction of sp³-hybridized carbons (Fsp3) is 0.909. The van der Waals surface area contributed by atoms with Crippen LogP contribution in [0.1, 0.15) is 38.5 Å². The summed E-state index contributed by atoms with van der Waals surface area (Å²) in [6.07, 6.45) is 7.20. The number of rotatable bonds is 0. The Morgan fingerprint density at radius 2 is 1.43 bits per heavy atom. The molecule has 0 N–H and O–H groups in total. The van der Waals surface area contributed by atoms with Gasteiger partial charge in [0.2, 0.25) is 0 Å². The molecule has 2 fully saturated rings. The highest BCUT2D eigenvalue weighted by Crippen LogP contribution is 2.12. The van der Waals surface area contributed by atoms with Crippen molar-refractivity contribution in [2.45, 2.75) is 38.5 Å². The lowest BCUT2D eigenvalue weighted by Crippen LogP contribution is -2.40. The number of amidine groups is 1. The van der Waals surface area contributed by atoms with E-state index in [9.17, 15) is 4.39 Å². The lowest BCUT2D eigenvalue weighted by atomic mass is 10.1. The summed E-state index contributed by atoms with van der Waals surface area (Å²) in [7, 11) is 0. The lowest BCUT2D eigenvalue weighted by molar-refractivity contribution is -0.547. The van der Waals surface area contributed by atoms with Gasteiger partial charge in [0.25, 0.3) is 0 Å². The van der Waals surface area contributed by atoms with Gasteiger partial charge in [-0.25, -0.2) is 9.48 Å². The van der Waals surface area contributed by atoms with Crippen molar-refractivity contribution >= 4 is 6.09 Å². The molecule has 0 aromatic heterocycles. The van der Waals surface area contributed by atoms with E-state index in [1.165, 1.54) is 12.8 Å². The van der Waals surface area contributed by atoms with Crippen molar-refractivity contribution in [3.8, 4) is 0 Å². The number of hydrogen-bond acceptors (Lipinski definition) is 0. The first-order valence-electron chi connectivity index (χ1n) is 5.90. The second-order valence-electron chi connectivity index (χ2n) is 4.36. The Morgan fingerprint density at radius 3 is 2.07 bits per heavy atom. The average Bonchev–Trinajstić information content (AvgIpc) is 2.30. The van der Waals surface area contributed by atoms with Crippen LogP contribution in [0.15, 0.2) is 0 Å². The summed E-state index contributed by atoms with van der Waals surface area (Å²) in [5, 5.41) is 0. The molecule has 2 aliphatic heterocycles. The molecule has 0 aromatic carbocycles. The molecule has 3 heteroatoms. The van der Waals surface area contributed by atoms with Gasteiger partial charge in [-0.15, -0.1) is 4.39 Å². The molecule has 0 radical (unpaired) electrons. The van der Waals surface area contributed by atoms with Crippen LogP contribution in [-0.2, 0) is 0 Å². The molecule has 0 saturated carbocycles. The van der Waals surface area contributed by atoms with Gasteiger partial charge < -0.3 is 0 Å². The van der Waals surface area contributed by atoms with E-state index in [0.717, 1.165) is 51.9 Å². The molecule has 2 nitrogen and oxygen atoms in total. The van der Waals surface area contributed by atoms with Crippen LogP contribution in [0.4, 0.5) is 4.39 Å². The lowest BCUT2D eigenvalue weighted by Gasteiger charge is -2.22. The molecule has 2 rings (SSSR count). The van der Waals surface area contributed by atoms with Crippen LogP contribution < -0.4 is 0 Å². The third-order valence-electron chi connectivity index (χ3n) is 3.23. The third kappa shape index (κ3) is 2.25. The van der Waals surface area contributed by atoms with Crippen molar-refractivity contribution in [3.05, 3.63) is 0 Å². The van der Waals surface area contributed by atoms with E-state index >= 15 is 0 Å². The summed E-state index contributed by atoms with van der Waals surface area (Å²) in [6, 6.07) is 0. The Balaban J connectivity index is 1.99. The van der Waals surface area contributed by atoms with Crippen LogP contribution in [0.5, 0.6) is 0 Å². The van der Waals surface area contributed by atoms with Gasteiger partial charge in [-0.1, -0.05) is 0 Å². The van der Waals surface area contributed by atoms with Gasteiger partial charge in [0.1, 0.15) is 0 Å². The number of halogens is 1. The molecule has 14 heavy (non-hydrogen) atoms. The van der Waals surface area contributed by atoms with Gasteiger partial charge in [0, 0.05) is 0 Å². The van der Waals surface area contributed by atoms with E-state index in [4.69, 9.17) is 0 Å². The topological polar surface area (TPSA) is 6.25 Å². The summed E-state index contributed by atoms with van der Waals surface area (Å²) in [6.45, 7) is 3.68. The predicted octanol–water partition coefficient (Wildman–Crippen LogP) is 1.99. The normalized spacial score (nSPS) is 23.8. The van der Waals surface area contributed by atoms with E-state index < -0.39 is 0 Å². The van der Waals surface area contributed by atoms with Crippen molar-refractivity contribution in [1.82, 2.24) is 4.90 Å². The molecule has 0 atom stereocenters. The van der Waals surface area contributed by atoms with Crippen molar-refractivity contribution in [2.24, 2.45) is 0 Å². The molecule has 2 heterocycles. The largest absolute Gasteiger partial charge is 0.435 e. The van der Waals surface area contributed by atoms with E-state index in [2.05, 4.69) is 0 Å². The smallest absolute Gasteiger partial charge is 0.236 e. The number of piperidine rings is 2. The maximum absolute atomic E-state index is 13.9. The molecule has 0 amide bonds. The number of likely N-dealkylation sites (tertiary alicyclic amines) is 1. The predicted molar refractivity (Wildman–Crippen MR) is 55.4 cm³/mol. The minimum atomic E-state index is 0.0457.